The summed E-state index contributed by atoms with van der Waals surface area (Å²) in [6.45, 7) is 1.91. The molecule has 2 aromatic rings. The zero-order valence-corrected chi connectivity index (χ0v) is 17.0. The van der Waals surface area contributed by atoms with Gasteiger partial charge in [-0.05, 0) is 31.5 Å². The van der Waals surface area contributed by atoms with E-state index in [0.717, 1.165) is 11.8 Å². The van der Waals surface area contributed by atoms with Gasteiger partial charge in [-0.3, -0.25) is 4.79 Å². The van der Waals surface area contributed by atoms with Gasteiger partial charge in [0.2, 0.25) is 18.6 Å². The van der Waals surface area contributed by atoms with E-state index < -0.39 is 15.1 Å². The van der Waals surface area contributed by atoms with Gasteiger partial charge in [0, 0.05) is 18.7 Å². The van der Waals surface area contributed by atoms with E-state index in [1.165, 1.54) is 4.90 Å². The molecule has 2 aliphatic rings. The van der Waals surface area contributed by atoms with E-state index in [0.29, 0.717) is 29.4 Å². The first-order chi connectivity index (χ1) is 13.3. The molecule has 0 aliphatic carbocycles. The van der Waals surface area contributed by atoms with Gasteiger partial charge < -0.3 is 18.8 Å². The first-order valence-corrected chi connectivity index (χ1v) is 11.4. The predicted molar refractivity (Wildman–Crippen MR) is 101 cm³/mol. The second kappa shape index (κ2) is 7.28. The third-order valence-corrected chi connectivity index (χ3v) is 7.43. The summed E-state index contributed by atoms with van der Waals surface area (Å²) in [6, 6.07) is 5.03. The largest absolute Gasteiger partial charge is 0.454 e. The molecule has 1 fully saturated rings. The van der Waals surface area contributed by atoms with Crippen LogP contribution in [0.1, 0.15) is 13.3 Å². The summed E-state index contributed by atoms with van der Waals surface area (Å²) < 4.78 is 39.6. The van der Waals surface area contributed by atoms with Crippen molar-refractivity contribution in [2.45, 2.75) is 29.9 Å². The van der Waals surface area contributed by atoms with Crippen LogP contribution in [-0.2, 0) is 14.6 Å². The highest BCUT2D eigenvalue weighted by Gasteiger charge is 2.34. The highest BCUT2D eigenvalue weighted by atomic mass is 32.2. The number of ether oxygens (including phenoxy) is 2. The monoisotopic (exact) mass is 425 g/mol. The molecule has 0 bridgehead atoms. The van der Waals surface area contributed by atoms with Gasteiger partial charge in [0.05, 0.1) is 16.8 Å². The lowest BCUT2D eigenvalue weighted by Crippen LogP contribution is -2.41. The molecule has 1 aromatic heterocycles. The quantitative estimate of drug-likeness (QED) is 0.659. The number of carbonyl (C=O) groups excluding carboxylic acids is 1. The number of hydrogen-bond acceptors (Lipinski definition) is 9. The number of benzene rings is 1. The van der Waals surface area contributed by atoms with Gasteiger partial charge in [0.25, 0.3) is 5.22 Å². The van der Waals surface area contributed by atoms with Crippen LogP contribution in [0, 0.1) is 0 Å². The van der Waals surface area contributed by atoms with E-state index in [4.69, 9.17) is 13.9 Å². The van der Waals surface area contributed by atoms with E-state index in [1.807, 2.05) is 0 Å². The Morgan fingerprint density at radius 1 is 1.29 bits per heavy atom. The van der Waals surface area contributed by atoms with Crippen molar-refractivity contribution in [2.75, 3.05) is 25.3 Å². The topological polar surface area (TPSA) is 112 Å². The number of rotatable bonds is 5. The molecule has 2 atom stereocenters. The summed E-state index contributed by atoms with van der Waals surface area (Å²) in [4.78, 5) is 14.2. The first-order valence-electron chi connectivity index (χ1n) is 8.70. The van der Waals surface area contributed by atoms with Crippen LogP contribution in [0.15, 0.2) is 27.8 Å². The summed E-state index contributed by atoms with van der Waals surface area (Å²) >= 11 is 1.14. The van der Waals surface area contributed by atoms with Crippen molar-refractivity contribution in [2.24, 2.45) is 0 Å². The molecule has 150 valence electrons. The van der Waals surface area contributed by atoms with Crippen LogP contribution in [0.5, 0.6) is 11.5 Å². The molecular formula is C17H19N3O6S2. The van der Waals surface area contributed by atoms with Gasteiger partial charge >= 0.3 is 0 Å². The van der Waals surface area contributed by atoms with Gasteiger partial charge in [-0.2, -0.15) is 0 Å². The molecule has 28 heavy (non-hydrogen) atoms. The smallest absolute Gasteiger partial charge is 0.277 e. The summed E-state index contributed by atoms with van der Waals surface area (Å²) in [5.74, 6) is 1.56. The highest BCUT2D eigenvalue weighted by molar-refractivity contribution is 8.00. The molecule has 0 saturated carbocycles. The number of fused-ring (bicyclic) bond motifs is 1. The van der Waals surface area contributed by atoms with Gasteiger partial charge in [0.15, 0.2) is 21.3 Å². The third-order valence-electron chi connectivity index (χ3n) is 4.76. The normalized spacial score (nSPS) is 20.9. The van der Waals surface area contributed by atoms with Crippen LogP contribution < -0.4 is 9.47 Å². The van der Waals surface area contributed by atoms with E-state index >= 15 is 0 Å². The van der Waals surface area contributed by atoms with E-state index in [1.54, 1.807) is 32.2 Å². The molecular weight excluding hydrogens is 406 g/mol. The number of carbonyl (C=O) groups is 1. The summed E-state index contributed by atoms with van der Waals surface area (Å²) in [5, 5.41) is 7.80. The second-order valence-corrected chi connectivity index (χ2v) is 10.2. The highest BCUT2D eigenvalue weighted by Crippen LogP contribution is 2.36. The molecule has 0 N–H and O–H groups in total. The fourth-order valence-corrected chi connectivity index (χ4v) is 5.71. The van der Waals surface area contributed by atoms with Crippen molar-refractivity contribution >= 4 is 27.5 Å². The number of nitrogens with zero attached hydrogens (tertiary/aromatic N) is 3. The Morgan fingerprint density at radius 3 is 2.82 bits per heavy atom. The van der Waals surface area contributed by atoms with E-state index in [2.05, 4.69) is 10.2 Å². The molecule has 0 radical (unpaired) electrons. The third kappa shape index (κ3) is 3.81. The summed E-state index contributed by atoms with van der Waals surface area (Å²) in [6.07, 6.45) is 0.469. The zero-order chi connectivity index (χ0) is 19.9. The zero-order valence-electron chi connectivity index (χ0n) is 15.3. The lowest BCUT2D eigenvalue weighted by molar-refractivity contribution is -0.130. The average molecular weight is 425 g/mol. The van der Waals surface area contributed by atoms with Crippen LogP contribution in [0.25, 0.3) is 11.5 Å². The van der Waals surface area contributed by atoms with Crippen LogP contribution in [0.2, 0.25) is 0 Å². The molecule has 1 saturated heterocycles. The molecule has 1 amide bonds. The molecule has 2 aliphatic heterocycles. The SMILES string of the molecule is CC(Sc1nnc(-c2ccc3c(c2)OCO3)o1)C(=O)N(C)C1CCS(=O)(=O)C1. The maximum absolute atomic E-state index is 12.6. The maximum Gasteiger partial charge on any atom is 0.277 e. The number of aromatic nitrogens is 2. The molecule has 2 unspecified atom stereocenters. The maximum atomic E-state index is 12.6. The van der Waals surface area contributed by atoms with E-state index in [-0.39, 0.29) is 35.5 Å². The average Bonchev–Trinajstić information content (AvgIpc) is 3.39. The summed E-state index contributed by atoms with van der Waals surface area (Å²) in [5.41, 5.74) is 0.691. The van der Waals surface area contributed by atoms with Crippen molar-refractivity contribution in [1.82, 2.24) is 15.1 Å². The van der Waals surface area contributed by atoms with Crippen LogP contribution in [-0.4, -0.2) is 66.1 Å². The lowest BCUT2D eigenvalue weighted by atomic mass is 10.2. The van der Waals surface area contributed by atoms with Gasteiger partial charge in [-0.1, -0.05) is 11.8 Å². The summed E-state index contributed by atoms with van der Waals surface area (Å²) in [7, 11) is -1.42. The number of hydrogen-bond donors (Lipinski definition) is 0. The molecule has 4 rings (SSSR count). The first kappa shape index (κ1) is 19.1. The standard InChI is InChI=1S/C17H19N3O6S2/c1-10(16(21)20(2)12-5-6-28(22,23)8-12)27-17-19-18-15(26-17)11-3-4-13-14(7-11)25-9-24-13/h3-4,7,10,12H,5-6,8-9H2,1-2H3. The second-order valence-electron chi connectivity index (χ2n) is 6.71. The Bertz CT molecular complexity index is 1010. The minimum Gasteiger partial charge on any atom is -0.454 e. The van der Waals surface area contributed by atoms with Crippen LogP contribution in [0.4, 0.5) is 0 Å². The molecule has 9 nitrogen and oxygen atoms in total. The van der Waals surface area contributed by atoms with Crippen molar-refractivity contribution in [3.05, 3.63) is 18.2 Å². The molecule has 11 heteroatoms. The fraction of sp³-hybridized carbons (Fsp3) is 0.471. The fourth-order valence-electron chi connectivity index (χ4n) is 3.15. The number of amides is 1. The Kier molecular flexibility index (Phi) is 4.96. The number of thioether (sulfide) groups is 1. The van der Waals surface area contributed by atoms with Crippen molar-refractivity contribution in [3.8, 4) is 23.0 Å². The van der Waals surface area contributed by atoms with Crippen molar-refractivity contribution < 1.29 is 27.1 Å². The number of sulfone groups is 1. The molecule has 1 aromatic carbocycles. The van der Waals surface area contributed by atoms with Gasteiger partial charge in [-0.15, -0.1) is 10.2 Å². The predicted octanol–water partition coefficient (Wildman–Crippen LogP) is 1.59. The Morgan fingerprint density at radius 2 is 2.07 bits per heavy atom. The van der Waals surface area contributed by atoms with Crippen molar-refractivity contribution in [3.63, 3.8) is 0 Å². The Balaban J connectivity index is 1.41. The molecule has 3 heterocycles. The van der Waals surface area contributed by atoms with Gasteiger partial charge in [0.1, 0.15) is 0 Å². The Hall–Kier alpha value is -2.27. The van der Waals surface area contributed by atoms with Crippen LogP contribution >= 0.6 is 11.8 Å². The molecule has 0 spiro atoms. The van der Waals surface area contributed by atoms with Gasteiger partial charge in [-0.25, -0.2) is 8.42 Å². The lowest BCUT2D eigenvalue weighted by Gasteiger charge is -2.25. The van der Waals surface area contributed by atoms with E-state index in [9.17, 15) is 13.2 Å². The minimum atomic E-state index is -3.05. The minimum absolute atomic E-state index is 0.0153. The Labute approximate surface area is 166 Å². The van der Waals surface area contributed by atoms with Crippen LogP contribution in [0.3, 0.4) is 0 Å². The van der Waals surface area contributed by atoms with Crippen molar-refractivity contribution in [1.29, 1.82) is 0 Å².